The predicted octanol–water partition coefficient (Wildman–Crippen LogP) is 5.64. The lowest BCUT2D eigenvalue weighted by atomic mass is 10.1. The molecule has 1 N–H and O–H groups in total. The van der Waals surface area contributed by atoms with E-state index in [1.807, 2.05) is 30.3 Å². The molecule has 4 rings (SSSR count). The number of benzene rings is 3. The molecule has 0 radical (unpaired) electrons. The monoisotopic (exact) mass is 491 g/mol. The van der Waals surface area contributed by atoms with Crippen LogP contribution in [0.15, 0.2) is 82.0 Å². The number of amides is 1. The molecule has 1 amide bonds. The van der Waals surface area contributed by atoms with Gasteiger partial charge in [0.2, 0.25) is 0 Å². The van der Waals surface area contributed by atoms with Crippen molar-refractivity contribution in [3.05, 3.63) is 110 Å². The summed E-state index contributed by atoms with van der Waals surface area (Å²) in [7, 11) is 0. The summed E-state index contributed by atoms with van der Waals surface area (Å²) in [6.07, 6.45) is -0.790. The van der Waals surface area contributed by atoms with E-state index in [1.54, 1.807) is 50.2 Å². The molecular weight excluding hydrogens is 470 g/mol. The number of carbonyl (C=O) groups is 2. The normalized spacial score (nSPS) is 11.6. The van der Waals surface area contributed by atoms with Crippen LogP contribution in [0.2, 0.25) is 5.02 Å². The van der Waals surface area contributed by atoms with E-state index >= 15 is 0 Å². The summed E-state index contributed by atoms with van der Waals surface area (Å²) in [6.45, 7) is 3.49. The number of nitrogens with one attached hydrogen (secondary N) is 1. The standard InChI is InChI=1S/C27H22ClNO6/c1-16-17(2)25(30)34-22-14-23(21(28)13-20(16)22)35-26(31)24(19-11-7-4-8-12-19)29-27(32)33-15-18-9-5-3-6-10-18/h3-14,24H,15H2,1-2H3,(H,29,32)/t24-/m1/s1. The number of carbonyl (C=O) groups excluding carboxylic acids is 2. The fraction of sp³-hybridized carbons (Fsp3) is 0.148. The Morgan fingerprint density at radius 3 is 2.31 bits per heavy atom. The van der Waals surface area contributed by atoms with Crippen LogP contribution in [-0.4, -0.2) is 12.1 Å². The van der Waals surface area contributed by atoms with Gasteiger partial charge in [0.1, 0.15) is 12.2 Å². The Hall–Kier alpha value is -4.10. The average Bonchev–Trinajstić information content (AvgIpc) is 2.87. The number of halogens is 1. The average molecular weight is 492 g/mol. The second-order valence-corrected chi connectivity index (χ2v) is 8.30. The van der Waals surface area contributed by atoms with Gasteiger partial charge in [0.25, 0.3) is 0 Å². The molecule has 0 bridgehead atoms. The van der Waals surface area contributed by atoms with Crippen LogP contribution in [0.4, 0.5) is 4.79 Å². The van der Waals surface area contributed by atoms with Crippen molar-refractivity contribution in [3.63, 3.8) is 0 Å². The zero-order valence-electron chi connectivity index (χ0n) is 19.0. The third-order valence-electron chi connectivity index (χ3n) is 5.56. The molecule has 8 heteroatoms. The van der Waals surface area contributed by atoms with E-state index in [4.69, 9.17) is 25.5 Å². The smallest absolute Gasteiger partial charge is 0.408 e. The fourth-order valence-corrected chi connectivity index (χ4v) is 3.70. The highest BCUT2D eigenvalue weighted by Gasteiger charge is 2.27. The zero-order chi connectivity index (χ0) is 24.9. The number of hydrogen-bond donors (Lipinski definition) is 1. The van der Waals surface area contributed by atoms with Crippen molar-refractivity contribution in [2.75, 3.05) is 0 Å². The van der Waals surface area contributed by atoms with Gasteiger partial charge in [0.15, 0.2) is 11.8 Å². The highest BCUT2D eigenvalue weighted by atomic mass is 35.5. The second kappa shape index (κ2) is 10.4. The van der Waals surface area contributed by atoms with E-state index in [9.17, 15) is 14.4 Å². The van der Waals surface area contributed by atoms with Gasteiger partial charge in [-0.2, -0.15) is 0 Å². The molecule has 4 aromatic rings. The summed E-state index contributed by atoms with van der Waals surface area (Å²) in [5.41, 5.74) is 2.23. The van der Waals surface area contributed by atoms with Gasteiger partial charge < -0.3 is 19.2 Å². The van der Waals surface area contributed by atoms with Crippen molar-refractivity contribution in [1.82, 2.24) is 5.32 Å². The van der Waals surface area contributed by atoms with E-state index in [0.717, 1.165) is 11.1 Å². The first-order valence-electron chi connectivity index (χ1n) is 10.8. The highest BCUT2D eigenvalue weighted by molar-refractivity contribution is 6.33. The second-order valence-electron chi connectivity index (χ2n) is 7.89. The topological polar surface area (TPSA) is 94.8 Å². The molecule has 0 aliphatic carbocycles. The summed E-state index contributed by atoms with van der Waals surface area (Å²) in [5.74, 6) is -0.795. The molecule has 35 heavy (non-hydrogen) atoms. The van der Waals surface area contributed by atoms with Crippen molar-refractivity contribution in [3.8, 4) is 5.75 Å². The van der Waals surface area contributed by atoms with Gasteiger partial charge in [0, 0.05) is 17.0 Å². The Morgan fingerprint density at radius 1 is 0.971 bits per heavy atom. The minimum atomic E-state index is -1.17. The molecule has 0 aliphatic rings. The SMILES string of the molecule is Cc1c(C)c2cc(Cl)c(OC(=O)[C@H](NC(=O)OCc3ccccc3)c3ccccc3)cc2oc1=O. The van der Waals surface area contributed by atoms with Crippen LogP contribution in [0.5, 0.6) is 5.75 Å². The van der Waals surface area contributed by atoms with E-state index < -0.39 is 23.7 Å². The van der Waals surface area contributed by atoms with Crippen molar-refractivity contribution < 1.29 is 23.5 Å². The van der Waals surface area contributed by atoms with Crippen molar-refractivity contribution in [2.24, 2.45) is 0 Å². The van der Waals surface area contributed by atoms with Crippen LogP contribution in [-0.2, 0) is 16.1 Å². The molecule has 1 aromatic heterocycles. The molecule has 0 unspecified atom stereocenters. The minimum Gasteiger partial charge on any atom is -0.445 e. The van der Waals surface area contributed by atoms with Crippen LogP contribution in [0.25, 0.3) is 11.0 Å². The number of alkyl carbamates (subject to hydrolysis) is 1. The Morgan fingerprint density at radius 2 is 1.63 bits per heavy atom. The summed E-state index contributed by atoms with van der Waals surface area (Å²) in [6, 6.07) is 19.6. The number of esters is 1. The maximum absolute atomic E-state index is 13.2. The Balaban J connectivity index is 1.57. The number of rotatable bonds is 6. The molecule has 3 aromatic carbocycles. The largest absolute Gasteiger partial charge is 0.445 e. The lowest BCUT2D eigenvalue weighted by Crippen LogP contribution is -2.36. The van der Waals surface area contributed by atoms with E-state index in [-0.39, 0.29) is 23.0 Å². The van der Waals surface area contributed by atoms with Gasteiger partial charge in [-0.3, -0.25) is 0 Å². The molecule has 7 nitrogen and oxygen atoms in total. The van der Waals surface area contributed by atoms with Gasteiger partial charge in [-0.25, -0.2) is 14.4 Å². The first-order chi connectivity index (χ1) is 16.8. The molecule has 1 heterocycles. The van der Waals surface area contributed by atoms with Crippen LogP contribution >= 0.6 is 11.6 Å². The maximum Gasteiger partial charge on any atom is 0.408 e. The third kappa shape index (κ3) is 5.53. The van der Waals surface area contributed by atoms with E-state index in [0.29, 0.717) is 16.5 Å². The van der Waals surface area contributed by atoms with Crippen LogP contribution in [0.3, 0.4) is 0 Å². The van der Waals surface area contributed by atoms with E-state index in [1.165, 1.54) is 6.07 Å². The summed E-state index contributed by atoms with van der Waals surface area (Å²) in [5, 5.41) is 3.34. The van der Waals surface area contributed by atoms with Gasteiger partial charge in [0.05, 0.1) is 5.02 Å². The highest BCUT2D eigenvalue weighted by Crippen LogP contribution is 2.32. The number of fused-ring (bicyclic) bond motifs is 1. The Labute approximate surface area is 206 Å². The summed E-state index contributed by atoms with van der Waals surface area (Å²) < 4.78 is 16.1. The fourth-order valence-electron chi connectivity index (χ4n) is 3.50. The molecule has 0 saturated heterocycles. The van der Waals surface area contributed by atoms with Crippen molar-refractivity contribution in [2.45, 2.75) is 26.5 Å². The first-order valence-corrected chi connectivity index (χ1v) is 11.2. The molecule has 1 atom stereocenters. The maximum atomic E-state index is 13.2. The first kappa shape index (κ1) is 24.0. The molecule has 0 saturated carbocycles. The van der Waals surface area contributed by atoms with Gasteiger partial charge in [-0.15, -0.1) is 0 Å². The van der Waals surface area contributed by atoms with Crippen molar-refractivity contribution in [1.29, 1.82) is 0 Å². The van der Waals surface area contributed by atoms with Gasteiger partial charge in [-0.1, -0.05) is 72.3 Å². The summed E-state index contributed by atoms with van der Waals surface area (Å²) >= 11 is 6.38. The van der Waals surface area contributed by atoms with Gasteiger partial charge in [-0.05, 0) is 36.6 Å². The lowest BCUT2D eigenvalue weighted by Gasteiger charge is -2.18. The minimum absolute atomic E-state index is 0.00375. The third-order valence-corrected chi connectivity index (χ3v) is 5.86. The van der Waals surface area contributed by atoms with Crippen LogP contribution in [0.1, 0.15) is 28.3 Å². The Kier molecular flexibility index (Phi) is 7.17. The number of ether oxygens (including phenoxy) is 2. The van der Waals surface area contributed by atoms with Crippen LogP contribution < -0.4 is 15.7 Å². The molecule has 0 spiro atoms. The number of hydrogen-bond acceptors (Lipinski definition) is 6. The summed E-state index contributed by atoms with van der Waals surface area (Å²) in [4.78, 5) is 37.7. The molecular formula is C27H22ClNO6. The molecule has 0 fully saturated rings. The quantitative estimate of drug-likeness (QED) is 0.213. The molecule has 178 valence electrons. The van der Waals surface area contributed by atoms with Crippen molar-refractivity contribution >= 4 is 34.6 Å². The van der Waals surface area contributed by atoms with Gasteiger partial charge >= 0.3 is 17.7 Å². The zero-order valence-corrected chi connectivity index (χ0v) is 19.8. The Bertz CT molecular complexity index is 1430. The molecule has 0 aliphatic heterocycles. The lowest BCUT2D eigenvalue weighted by molar-refractivity contribution is -0.136. The van der Waals surface area contributed by atoms with Crippen LogP contribution in [0, 0.1) is 13.8 Å². The number of aryl methyl sites for hydroxylation is 1. The predicted molar refractivity (Wildman–Crippen MR) is 132 cm³/mol. The van der Waals surface area contributed by atoms with E-state index in [2.05, 4.69) is 5.32 Å².